The highest BCUT2D eigenvalue weighted by molar-refractivity contribution is 5.72. The molecule has 0 atom stereocenters. The van der Waals surface area contributed by atoms with E-state index in [0.29, 0.717) is 18.2 Å². The second-order valence-electron chi connectivity index (χ2n) is 4.22. The van der Waals surface area contributed by atoms with E-state index < -0.39 is 0 Å². The molecule has 0 bridgehead atoms. The van der Waals surface area contributed by atoms with Gasteiger partial charge in [-0.3, -0.25) is 0 Å². The quantitative estimate of drug-likeness (QED) is 0.583. The van der Waals surface area contributed by atoms with Crippen molar-refractivity contribution in [3.05, 3.63) is 59.6 Å². The first kappa shape index (κ1) is 15.0. The van der Waals surface area contributed by atoms with Crippen LogP contribution in [0.5, 0.6) is 0 Å². The second kappa shape index (κ2) is 8.11. The maximum absolute atomic E-state index is 5.48. The lowest BCUT2D eigenvalue weighted by atomic mass is 10.1. The highest BCUT2D eigenvalue weighted by Gasteiger charge is 1.96. The third kappa shape index (κ3) is 6.43. The summed E-state index contributed by atoms with van der Waals surface area (Å²) in [6.07, 6.45) is 3.27. The number of rotatable bonds is 7. The van der Waals surface area contributed by atoms with Crippen molar-refractivity contribution < 1.29 is 4.74 Å². The topological polar surface area (TPSA) is 59.6 Å². The van der Waals surface area contributed by atoms with Crippen molar-refractivity contribution in [1.29, 1.82) is 0 Å². The first-order valence-electron chi connectivity index (χ1n) is 6.12. The van der Waals surface area contributed by atoms with Crippen LogP contribution in [-0.2, 0) is 17.9 Å². The Kier molecular flexibility index (Phi) is 6.39. The van der Waals surface area contributed by atoms with Crippen LogP contribution in [0.3, 0.4) is 0 Å². The summed E-state index contributed by atoms with van der Waals surface area (Å²) < 4.78 is 5.43. The van der Waals surface area contributed by atoms with E-state index in [4.69, 9.17) is 10.5 Å². The van der Waals surface area contributed by atoms with E-state index in [1.54, 1.807) is 19.2 Å². The summed E-state index contributed by atoms with van der Waals surface area (Å²) in [6, 6.07) is 8.21. The maximum Gasteiger partial charge on any atom is 0.206 e. The zero-order valence-electron chi connectivity index (χ0n) is 11.5. The average Bonchev–Trinajstić information content (AvgIpc) is 2.38. The molecular formula is C15H21N3O. The lowest BCUT2D eigenvalue weighted by Gasteiger charge is -2.06. The lowest BCUT2D eigenvalue weighted by Crippen LogP contribution is -2.04. The maximum atomic E-state index is 5.48. The molecule has 0 amide bonds. The fourth-order valence-corrected chi connectivity index (χ4v) is 1.40. The van der Waals surface area contributed by atoms with Crippen LogP contribution in [0.4, 0.5) is 0 Å². The van der Waals surface area contributed by atoms with Gasteiger partial charge in [0.25, 0.3) is 0 Å². The minimum Gasteiger partial charge on any atom is -0.473 e. The Morgan fingerprint density at radius 1 is 1.37 bits per heavy atom. The van der Waals surface area contributed by atoms with Crippen molar-refractivity contribution in [3.63, 3.8) is 0 Å². The van der Waals surface area contributed by atoms with Crippen LogP contribution in [0.15, 0.2) is 53.5 Å². The van der Waals surface area contributed by atoms with Crippen LogP contribution >= 0.6 is 0 Å². The number of ether oxygens (including phenoxy) is 1. The molecule has 19 heavy (non-hydrogen) atoms. The zero-order valence-corrected chi connectivity index (χ0v) is 11.5. The highest BCUT2D eigenvalue weighted by Crippen LogP contribution is 2.08. The molecule has 0 spiro atoms. The average molecular weight is 259 g/mol. The van der Waals surface area contributed by atoms with Crippen molar-refractivity contribution in [2.24, 2.45) is 10.7 Å². The SMILES string of the molecule is C=C(/N=C\C=C(/C)N)OCc1ccc(CNC)cc1. The van der Waals surface area contributed by atoms with Gasteiger partial charge in [-0.25, -0.2) is 4.99 Å². The van der Waals surface area contributed by atoms with Gasteiger partial charge in [0.1, 0.15) is 6.61 Å². The van der Waals surface area contributed by atoms with E-state index in [0.717, 1.165) is 12.1 Å². The van der Waals surface area contributed by atoms with Crippen molar-refractivity contribution in [2.45, 2.75) is 20.1 Å². The monoisotopic (exact) mass is 259 g/mol. The third-order valence-electron chi connectivity index (χ3n) is 2.37. The van der Waals surface area contributed by atoms with E-state index in [1.165, 1.54) is 5.56 Å². The van der Waals surface area contributed by atoms with Crippen LogP contribution in [0.25, 0.3) is 0 Å². The molecule has 0 saturated heterocycles. The van der Waals surface area contributed by atoms with Gasteiger partial charge in [0.15, 0.2) is 0 Å². The number of nitrogens with two attached hydrogens (primary N) is 1. The summed E-state index contributed by atoms with van der Waals surface area (Å²) >= 11 is 0. The Morgan fingerprint density at radius 2 is 2.00 bits per heavy atom. The molecule has 1 aromatic carbocycles. The second-order valence-corrected chi connectivity index (χ2v) is 4.22. The van der Waals surface area contributed by atoms with Crippen LogP contribution in [-0.4, -0.2) is 13.3 Å². The first-order valence-corrected chi connectivity index (χ1v) is 6.12. The summed E-state index contributed by atoms with van der Waals surface area (Å²) in [7, 11) is 1.93. The van der Waals surface area contributed by atoms with E-state index in [1.807, 2.05) is 19.2 Å². The molecule has 3 N–H and O–H groups in total. The molecule has 4 nitrogen and oxygen atoms in total. The molecule has 0 aromatic heterocycles. The summed E-state index contributed by atoms with van der Waals surface area (Å²) in [6.45, 7) is 6.83. The molecular weight excluding hydrogens is 238 g/mol. The van der Waals surface area contributed by atoms with Crippen LogP contribution in [0, 0.1) is 0 Å². The molecule has 1 rings (SSSR count). The molecule has 0 heterocycles. The van der Waals surface area contributed by atoms with Gasteiger partial charge in [-0.15, -0.1) is 0 Å². The molecule has 0 radical (unpaired) electrons. The summed E-state index contributed by atoms with van der Waals surface area (Å²) in [5.41, 5.74) is 8.50. The number of nitrogens with one attached hydrogen (secondary N) is 1. The van der Waals surface area contributed by atoms with Crippen molar-refractivity contribution in [1.82, 2.24) is 5.32 Å². The minimum absolute atomic E-state index is 0.372. The summed E-state index contributed by atoms with van der Waals surface area (Å²) in [4.78, 5) is 4.02. The van der Waals surface area contributed by atoms with Gasteiger partial charge in [-0.05, 0) is 37.8 Å². The molecule has 0 unspecified atom stereocenters. The molecule has 102 valence electrons. The van der Waals surface area contributed by atoms with E-state index in [9.17, 15) is 0 Å². The molecule has 0 aliphatic rings. The minimum atomic E-state index is 0.372. The predicted molar refractivity (Wildman–Crippen MR) is 79.6 cm³/mol. The number of hydrogen-bond acceptors (Lipinski definition) is 4. The third-order valence-corrected chi connectivity index (χ3v) is 2.37. The van der Waals surface area contributed by atoms with Gasteiger partial charge in [0.2, 0.25) is 5.88 Å². The smallest absolute Gasteiger partial charge is 0.206 e. The Hall–Kier alpha value is -2.07. The Bertz CT molecular complexity index is 457. The normalized spacial score (nSPS) is 11.8. The predicted octanol–water partition coefficient (Wildman–Crippen LogP) is 2.33. The zero-order chi connectivity index (χ0) is 14.1. The van der Waals surface area contributed by atoms with Crippen LogP contribution in [0.1, 0.15) is 18.1 Å². The number of benzene rings is 1. The number of nitrogens with zero attached hydrogens (tertiary/aromatic N) is 1. The summed E-state index contributed by atoms with van der Waals surface area (Å²) in [5.74, 6) is 0.372. The Morgan fingerprint density at radius 3 is 2.58 bits per heavy atom. The number of allylic oxidation sites excluding steroid dienone is 2. The van der Waals surface area contributed by atoms with Gasteiger partial charge < -0.3 is 15.8 Å². The number of aliphatic imine (C=N–C) groups is 1. The molecule has 4 heteroatoms. The summed E-state index contributed by atoms with van der Waals surface area (Å²) in [5, 5.41) is 3.11. The highest BCUT2D eigenvalue weighted by atomic mass is 16.5. The number of hydrogen-bond donors (Lipinski definition) is 2. The largest absolute Gasteiger partial charge is 0.473 e. The first-order chi connectivity index (χ1) is 9.11. The van der Waals surface area contributed by atoms with E-state index in [-0.39, 0.29) is 0 Å². The van der Waals surface area contributed by atoms with Gasteiger partial charge in [-0.2, -0.15) is 0 Å². The van der Waals surface area contributed by atoms with Crippen LogP contribution < -0.4 is 11.1 Å². The Labute approximate surface area is 114 Å². The van der Waals surface area contributed by atoms with Crippen molar-refractivity contribution in [3.8, 4) is 0 Å². The molecule has 1 aromatic rings. The van der Waals surface area contributed by atoms with Gasteiger partial charge >= 0.3 is 0 Å². The fourth-order valence-electron chi connectivity index (χ4n) is 1.40. The molecule has 0 fully saturated rings. The standard InChI is InChI=1S/C15H21N3O/c1-12(16)8-9-18-13(2)19-11-15-6-4-14(5-7-15)10-17-3/h4-9,17H,2,10-11,16H2,1,3H3/b12-8+,18-9-. The van der Waals surface area contributed by atoms with Crippen molar-refractivity contribution >= 4 is 6.21 Å². The van der Waals surface area contributed by atoms with Gasteiger partial charge in [0, 0.05) is 18.5 Å². The fraction of sp³-hybridized carbons (Fsp3) is 0.267. The van der Waals surface area contributed by atoms with E-state index >= 15 is 0 Å². The molecule has 0 aliphatic heterocycles. The van der Waals surface area contributed by atoms with Crippen molar-refractivity contribution in [2.75, 3.05) is 7.05 Å². The lowest BCUT2D eigenvalue weighted by molar-refractivity contribution is 0.199. The Balaban J connectivity index is 2.41. The van der Waals surface area contributed by atoms with Crippen LogP contribution in [0.2, 0.25) is 0 Å². The van der Waals surface area contributed by atoms with Gasteiger partial charge in [-0.1, -0.05) is 24.3 Å². The van der Waals surface area contributed by atoms with Gasteiger partial charge in [0.05, 0.1) is 0 Å². The van der Waals surface area contributed by atoms with E-state index in [2.05, 4.69) is 29.0 Å². The molecule has 0 aliphatic carbocycles. The molecule has 0 saturated carbocycles.